The van der Waals surface area contributed by atoms with Crippen LogP contribution in [0.15, 0.2) is 12.4 Å². The van der Waals surface area contributed by atoms with Gasteiger partial charge in [-0.1, -0.05) is 6.58 Å². The summed E-state index contributed by atoms with van der Waals surface area (Å²) in [6.07, 6.45) is -4.15. The quantitative estimate of drug-likeness (QED) is 0.408. The second-order valence-corrected chi connectivity index (χ2v) is 6.61. The number of carbonyl (C=O) groups excluding carboxylic acids is 1. The summed E-state index contributed by atoms with van der Waals surface area (Å²) in [6, 6.07) is 0. The molecule has 0 amide bonds. The molecule has 142 valence electrons. The van der Waals surface area contributed by atoms with E-state index >= 15 is 4.39 Å². The van der Waals surface area contributed by atoms with Gasteiger partial charge in [0.2, 0.25) is 17.2 Å². The molecule has 0 aromatic rings. The molecule has 4 aliphatic carbocycles. The Hall–Kier alpha value is -1.42. The number of halogens is 9. The molecule has 4 rings (SSSR count). The molecular formula is C14H11F9O2. The van der Waals surface area contributed by atoms with Gasteiger partial charge in [-0.3, -0.25) is 0 Å². The Morgan fingerprint density at radius 1 is 0.880 bits per heavy atom. The highest BCUT2D eigenvalue weighted by Gasteiger charge is 3.02. The lowest BCUT2D eigenvalue weighted by atomic mass is 9.54. The van der Waals surface area contributed by atoms with E-state index in [-0.39, 0.29) is 0 Å². The first-order valence-electron chi connectivity index (χ1n) is 7.24. The molecule has 2 nitrogen and oxygen atoms in total. The molecule has 2 bridgehead atoms. The van der Waals surface area contributed by atoms with Gasteiger partial charge in [0, 0.05) is 11.8 Å². The van der Waals surface area contributed by atoms with Crippen LogP contribution in [0.4, 0.5) is 39.5 Å². The number of rotatable bonds is 2. The van der Waals surface area contributed by atoms with E-state index in [0.717, 1.165) is 0 Å². The van der Waals surface area contributed by atoms with Crippen molar-refractivity contribution < 1.29 is 49.0 Å². The molecule has 4 saturated carbocycles. The van der Waals surface area contributed by atoms with E-state index in [0.29, 0.717) is 0 Å². The van der Waals surface area contributed by atoms with Crippen molar-refractivity contribution in [3.8, 4) is 0 Å². The summed E-state index contributed by atoms with van der Waals surface area (Å²) in [5, 5.41) is 0. The molecule has 0 N–H and O–H groups in total. The highest BCUT2D eigenvalue weighted by molar-refractivity contribution is 5.85. The van der Waals surface area contributed by atoms with Crippen molar-refractivity contribution >= 4 is 5.97 Å². The molecule has 25 heavy (non-hydrogen) atoms. The SMILES string of the molecule is C=C(F)C(=O)OC1CC2CCC1C1(F)C(F)(F)C(F)(F)C(F)(F)C21F. The molecule has 0 radical (unpaired) electrons. The first-order chi connectivity index (χ1) is 11.2. The monoisotopic (exact) mass is 382 g/mol. The summed E-state index contributed by atoms with van der Waals surface area (Å²) in [7, 11) is 0. The van der Waals surface area contributed by atoms with Gasteiger partial charge in [-0.05, 0) is 19.3 Å². The molecule has 0 aliphatic heterocycles. The maximum Gasteiger partial charge on any atom is 0.378 e. The van der Waals surface area contributed by atoms with Crippen molar-refractivity contribution in [3.63, 3.8) is 0 Å². The Morgan fingerprint density at radius 2 is 1.40 bits per heavy atom. The Labute approximate surface area is 135 Å². The maximum absolute atomic E-state index is 15.1. The molecule has 4 aliphatic rings. The topological polar surface area (TPSA) is 26.3 Å². The van der Waals surface area contributed by atoms with E-state index in [2.05, 4.69) is 11.3 Å². The van der Waals surface area contributed by atoms with Crippen molar-refractivity contribution in [2.45, 2.75) is 54.5 Å². The maximum atomic E-state index is 15.1. The normalized spacial score (nSPS) is 45.7. The fourth-order valence-corrected chi connectivity index (χ4v) is 4.44. The number of hydrogen-bond donors (Lipinski definition) is 0. The number of ether oxygens (including phenoxy) is 1. The van der Waals surface area contributed by atoms with Crippen LogP contribution >= 0.6 is 0 Å². The summed E-state index contributed by atoms with van der Waals surface area (Å²) in [6.45, 7) is 2.56. The number of alkyl halides is 8. The molecular weight excluding hydrogens is 371 g/mol. The van der Waals surface area contributed by atoms with Crippen LogP contribution in [0, 0.1) is 11.8 Å². The van der Waals surface area contributed by atoms with Crippen molar-refractivity contribution in [1.29, 1.82) is 0 Å². The average molecular weight is 382 g/mol. The first-order valence-corrected chi connectivity index (χ1v) is 7.24. The van der Waals surface area contributed by atoms with Gasteiger partial charge in [-0.25, -0.2) is 13.6 Å². The number of esters is 1. The molecule has 0 heterocycles. The average Bonchev–Trinajstić information content (AvgIpc) is 2.56. The lowest BCUT2D eigenvalue weighted by Crippen LogP contribution is -2.73. The van der Waals surface area contributed by atoms with Gasteiger partial charge in [0.15, 0.2) is 0 Å². The molecule has 5 unspecified atom stereocenters. The summed E-state index contributed by atoms with van der Waals surface area (Å²) in [5.74, 6) is -26.5. The third-order valence-electron chi connectivity index (χ3n) is 5.58. The summed E-state index contributed by atoms with van der Waals surface area (Å²) >= 11 is 0. The summed E-state index contributed by atoms with van der Waals surface area (Å²) in [5.41, 5.74) is -9.82. The predicted octanol–water partition coefficient (Wildman–Crippen LogP) is 4.15. The third kappa shape index (κ3) is 1.63. The molecule has 4 fully saturated rings. The highest BCUT2D eigenvalue weighted by Crippen LogP contribution is 2.77. The minimum atomic E-state index is -6.28. The van der Waals surface area contributed by atoms with Gasteiger partial charge in [0.05, 0.1) is 0 Å². The first kappa shape index (κ1) is 18.4. The zero-order valence-corrected chi connectivity index (χ0v) is 12.3. The van der Waals surface area contributed by atoms with E-state index < -0.39 is 78.1 Å². The lowest BCUT2D eigenvalue weighted by Gasteiger charge is -2.56. The van der Waals surface area contributed by atoms with E-state index in [1.807, 2.05) is 0 Å². The van der Waals surface area contributed by atoms with Crippen LogP contribution in [0.1, 0.15) is 19.3 Å². The Balaban J connectivity index is 2.13. The highest BCUT2D eigenvalue weighted by atomic mass is 19.4. The molecule has 11 heteroatoms. The second-order valence-electron chi connectivity index (χ2n) is 6.61. The second kappa shape index (κ2) is 4.64. The number of hydrogen-bond acceptors (Lipinski definition) is 2. The summed E-state index contributed by atoms with van der Waals surface area (Å²) < 4.78 is 130. The Kier molecular flexibility index (Phi) is 3.41. The van der Waals surface area contributed by atoms with Crippen LogP contribution in [-0.2, 0) is 9.53 Å². The molecule has 5 atom stereocenters. The largest absolute Gasteiger partial charge is 0.457 e. The zero-order valence-electron chi connectivity index (χ0n) is 12.3. The van der Waals surface area contributed by atoms with E-state index in [1.165, 1.54) is 0 Å². The minimum Gasteiger partial charge on any atom is -0.457 e. The van der Waals surface area contributed by atoms with Crippen LogP contribution in [0.5, 0.6) is 0 Å². The van der Waals surface area contributed by atoms with Crippen LogP contribution in [0.3, 0.4) is 0 Å². The van der Waals surface area contributed by atoms with E-state index in [9.17, 15) is 39.9 Å². The van der Waals surface area contributed by atoms with Crippen molar-refractivity contribution in [2.75, 3.05) is 0 Å². The van der Waals surface area contributed by atoms with Gasteiger partial charge >= 0.3 is 23.7 Å². The fraction of sp³-hybridized carbons (Fsp3) is 0.786. The van der Waals surface area contributed by atoms with Gasteiger partial charge in [0.1, 0.15) is 6.10 Å². The fourth-order valence-electron chi connectivity index (χ4n) is 4.44. The van der Waals surface area contributed by atoms with Gasteiger partial charge in [0.25, 0.3) is 0 Å². The predicted molar refractivity (Wildman–Crippen MR) is 63.5 cm³/mol. The summed E-state index contributed by atoms with van der Waals surface area (Å²) in [4.78, 5) is 11.2. The smallest absolute Gasteiger partial charge is 0.378 e. The Bertz CT molecular complexity index is 648. The molecule has 0 saturated heterocycles. The van der Waals surface area contributed by atoms with Crippen molar-refractivity contribution in [2.24, 2.45) is 11.8 Å². The van der Waals surface area contributed by atoms with Crippen LogP contribution in [0.2, 0.25) is 0 Å². The molecule has 0 spiro atoms. The van der Waals surface area contributed by atoms with Crippen molar-refractivity contribution in [1.82, 2.24) is 0 Å². The van der Waals surface area contributed by atoms with Crippen molar-refractivity contribution in [3.05, 3.63) is 12.4 Å². The zero-order chi connectivity index (χ0) is 19.2. The molecule has 0 aromatic carbocycles. The van der Waals surface area contributed by atoms with Crippen LogP contribution in [0.25, 0.3) is 0 Å². The number of carbonyl (C=O) groups is 1. The lowest BCUT2D eigenvalue weighted by molar-refractivity contribution is -0.295. The number of fused-ring (bicyclic) bond motifs is 2. The van der Waals surface area contributed by atoms with Gasteiger partial charge in [-0.15, -0.1) is 0 Å². The van der Waals surface area contributed by atoms with Gasteiger partial charge < -0.3 is 4.74 Å². The standard InChI is InChI=1S/C14H11F9O2/c1-5(15)9(24)25-8-4-6-2-3-7(8)11(17)10(6,16)12(18,19)14(22,23)13(11,20)21/h6-8H,1-4H2. The minimum absolute atomic E-state index is 0.584. The molecule has 0 aromatic heterocycles. The van der Waals surface area contributed by atoms with E-state index in [4.69, 9.17) is 0 Å². The van der Waals surface area contributed by atoms with Crippen LogP contribution < -0.4 is 0 Å². The third-order valence-corrected chi connectivity index (χ3v) is 5.58. The van der Waals surface area contributed by atoms with Gasteiger partial charge in [-0.2, -0.15) is 30.7 Å². The van der Waals surface area contributed by atoms with Crippen LogP contribution in [-0.4, -0.2) is 41.2 Å². The Morgan fingerprint density at radius 3 is 1.92 bits per heavy atom. The van der Waals surface area contributed by atoms with E-state index in [1.54, 1.807) is 0 Å².